The number of hydrazone groups is 1. The predicted molar refractivity (Wildman–Crippen MR) is 80.4 cm³/mol. The summed E-state index contributed by atoms with van der Waals surface area (Å²) < 4.78 is 0. The van der Waals surface area contributed by atoms with Crippen LogP contribution in [-0.4, -0.2) is 29.9 Å². The van der Waals surface area contributed by atoms with Crippen molar-refractivity contribution in [2.24, 2.45) is 5.10 Å². The molecule has 2 N–H and O–H groups in total. The molecule has 0 spiro atoms. The van der Waals surface area contributed by atoms with Gasteiger partial charge >= 0.3 is 0 Å². The van der Waals surface area contributed by atoms with Gasteiger partial charge in [-0.25, -0.2) is 5.01 Å². The first kappa shape index (κ1) is 14.6. The van der Waals surface area contributed by atoms with Gasteiger partial charge in [0.2, 0.25) is 5.11 Å². The molecular weight excluding hydrogens is 244 g/mol. The molecule has 1 aromatic carbocycles. The standard InChI is InChI=1S/C13H20N4S/c1-4-12(10-11-8-6-5-7-9-11)14-15-13(18)16-17(2)3/h5-9H,4,10H2,1-3H3,(H2,15,16,18). The minimum absolute atomic E-state index is 0.499. The van der Waals surface area contributed by atoms with E-state index in [-0.39, 0.29) is 0 Å². The zero-order chi connectivity index (χ0) is 13.4. The molecule has 18 heavy (non-hydrogen) atoms. The van der Waals surface area contributed by atoms with Crippen LogP contribution in [0.1, 0.15) is 18.9 Å². The van der Waals surface area contributed by atoms with Crippen LogP contribution in [0.2, 0.25) is 0 Å². The molecule has 1 rings (SSSR count). The third-order valence-electron chi connectivity index (χ3n) is 2.30. The Kier molecular flexibility index (Phi) is 6.32. The third-order valence-corrected chi connectivity index (χ3v) is 2.48. The summed E-state index contributed by atoms with van der Waals surface area (Å²) >= 11 is 5.09. The van der Waals surface area contributed by atoms with Gasteiger partial charge in [0.25, 0.3) is 0 Å². The quantitative estimate of drug-likeness (QED) is 0.484. The van der Waals surface area contributed by atoms with Crippen molar-refractivity contribution < 1.29 is 0 Å². The third kappa shape index (κ3) is 5.75. The lowest BCUT2D eigenvalue weighted by atomic mass is 10.1. The molecule has 0 heterocycles. The Morgan fingerprint density at radius 1 is 1.28 bits per heavy atom. The summed E-state index contributed by atoms with van der Waals surface area (Å²) in [5.41, 5.74) is 8.11. The van der Waals surface area contributed by atoms with Gasteiger partial charge in [-0.15, -0.1) is 0 Å². The first-order valence-corrected chi connectivity index (χ1v) is 6.36. The molecule has 0 saturated carbocycles. The van der Waals surface area contributed by atoms with E-state index < -0.39 is 0 Å². The zero-order valence-corrected chi connectivity index (χ0v) is 11.9. The molecule has 0 aliphatic heterocycles. The minimum Gasteiger partial charge on any atom is -0.295 e. The van der Waals surface area contributed by atoms with E-state index in [1.807, 2.05) is 32.3 Å². The monoisotopic (exact) mass is 264 g/mol. The topological polar surface area (TPSA) is 39.7 Å². The molecule has 0 radical (unpaired) electrons. The molecule has 0 aliphatic carbocycles. The first-order chi connectivity index (χ1) is 8.61. The first-order valence-electron chi connectivity index (χ1n) is 5.95. The highest BCUT2D eigenvalue weighted by Gasteiger charge is 2.00. The molecule has 0 aromatic heterocycles. The van der Waals surface area contributed by atoms with Crippen molar-refractivity contribution >= 4 is 23.0 Å². The van der Waals surface area contributed by atoms with Gasteiger partial charge in [0, 0.05) is 26.2 Å². The van der Waals surface area contributed by atoms with Crippen molar-refractivity contribution in [3.63, 3.8) is 0 Å². The second-order valence-corrected chi connectivity index (χ2v) is 4.55. The maximum Gasteiger partial charge on any atom is 0.201 e. The van der Waals surface area contributed by atoms with Gasteiger partial charge in [0.05, 0.1) is 0 Å². The van der Waals surface area contributed by atoms with Gasteiger partial charge < -0.3 is 0 Å². The second kappa shape index (κ2) is 7.79. The van der Waals surface area contributed by atoms with Gasteiger partial charge in [0.1, 0.15) is 0 Å². The van der Waals surface area contributed by atoms with Crippen molar-refractivity contribution in [3.05, 3.63) is 35.9 Å². The highest BCUT2D eigenvalue weighted by atomic mass is 32.1. The number of rotatable bonds is 5. The normalized spacial score (nSPS) is 11.4. The summed E-state index contributed by atoms with van der Waals surface area (Å²) in [5.74, 6) is 0. The molecule has 4 nitrogen and oxygen atoms in total. The number of nitrogens with zero attached hydrogens (tertiary/aromatic N) is 2. The van der Waals surface area contributed by atoms with Gasteiger partial charge in [-0.2, -0.15) is 5.10 Å². The fourth-order valence-corrected chi connectivity index (χ4v) is 1.66. The number of thiocarbonyl (C=S) groups is 1. The Morgan fingerprint density at radius 3 is 2.50 bits per heavy atom. The summed E-state index contributed by atoms with van der Waals surface area (Å²) in [6, 6.07) is 10.3. The molecule has 0 fully saturated rings. The summed E-state index contributed by atoms with van der Waals surface area (Å²) in [5, 5.41) is 6.60. The molecule has 1 aromatic rings. The maximum absolute atomic E-state index is 5.09. The zero-order valence-electron chi connectivity index (χ0n) is 11.1. The number of benzene rings is 1. The van der Waals surface area contributed by atoms with E-state index in [1.165, 1.54) is 5.56 Å². The summed E-state index contributed by atoms with van der Waals surface area (Å²) in [4.78, 5) is 0. The van der Waals surface area contributed by atoms with E-state index in [1.54, 1.807) is 5.01 Å². The second-order valence-electron chi connectivity index (χ2n) is 4.14. The van der Waals surface area contributed by atoms with Crippen LogP contribution in [-0.2, 0) is 6.42 Å². The molecule has 0 unspecified atom stereocenters. The SMILES string of the molecule is CCC(Cc1ccccc1)=NNC(=S)NN(C)C. The van der Waals surface area contributed by atoms with Crippen molar-refractivity contribution in [1.82, 2.24) is 15.9 Å². The Morgan fingerprint density at radius 2 is 1.94 bits per heavy atom. The summed E-state index contributed by atoms with van der Waals surface area (Å²) in [6.45, 7) is 2.09. The highest BCUT2D eigenvalue weighted by Crippen LogP contribution is 2.02. The van der Waals surface area contributed by atoms with Crippen molar-refractivity contribution in [3.8, 4) is 0 Å². The largest absolute Gasteiger partial charge is 0.295 e. The van der Waals surface area contributed by atoms with Gasteiger partial charge in [-0.1, -0.05) is 37.3 Å². The van der Waals surface area contributed by atoms with Crippen LogP contribution in [0.15, 0.2) is 35.4 Å². The van der Waals surface area contributed by atoms with Gasteiger partial charge in [-0.3, -0.25) is 10.9 Å². The lowest BCUT2D eigenvalue weighted by Gasteiger charge is -2.14. The Balaban J connectivity index is 2.53. The Labute approximate surface area is 114 Å². The van der Waals surface area contributed by atoms with Crippen LogP contribution in [0.5, 0.6) is 0 Å². The average Bonchev–Trinajstić information content (AvgIpc) is 2.35. The molecule has 0 amide bonds. The number of hydrazine groups is 1. The average molecular weight is 264 g/mol. The molecule has 98 valence electrons. The molecule has 5 heteroatoms. The van der Waals surface area contributed by atoms with Crippen molar-refractivity contribution in [1.29, 1.82) is 0 Å². The predicted octanol–water partition coefficient (Wildman–Crippen LogP) is 1.94. The van der Waals surface area contributed by atoms with Crippen LogP contribution in [0, 0.1) is 0 Å². The van der Waals surface area contributed by atoms with E-state index >= 15 is 0 Å². The Hall–Kier alpha value is -1.46. The number of hydrogen-bond acceptors (Lipinski definition) is 3. The molecular formula is C13H20N4S. The van der Waals surface area contributed by atoms with Crippen LogP contribution < -0.4 is 10.9 Å². The van der Waals surface area contributed by atoms with Crippen LogP contribution in [0.4, 0.5) is 0 Å². The summed E-state index contributed by atoms with van der Waals surface area (Å²) in [7, 11) is 3.75. The lowest BCUT2D eigenvalue weighted by Crippen LogP contribution is -2.41. The fraction of sp³-hybridized carbons (Fsp3) is 0.385. The molecule has 0 atom stereocenters. The van der Waals surface area contributed by atoms with Gasteiger partial charge in [-0.05, 0) is 24.2 Å². The van der Waals surface area contributed by atoms with Crippen molar-refractivity contribution in [2.75, 3.05) is 14.1 Å². The molecule has 0 bridgehead atoms. The maximum atomic E-state index is 5.09. The summed E-state index contributed by atoms with van der Waals surface area (Å²) in [6.07, 6.45) is 1.74. The number of hydrogen-bond donors (Lipinski definition) is 2. The van der Waals surface area contributed by atoms with Crippen LogP contribution in [0.3, 0.4) is 0 Å². The van der Waals surface area contributed by atoms with E-state index in [0.717, 1.165) is 18.6 Å². The smallest absolute Gasteiger partial charge is 0.201 e. The molecule has 0 aliphatic rings. The highest BCUT2D eigenvalue weighted by molar-refractivity contribution is 7.80. The minimum atomic E-state index is 0.499. The fourth-order valence-electron chi connectivity index (χ4n) is 1.43. The molecule has 0 saturated heterocycles. The van der Waals surface area contributed by atoms with E-state index in [9.17, 15) is 0 Å². The lowest BCUT2D eigenvalue weighted by molar-refractivity contribution is 0.360. The van der Waals surface area contributed by atoms with Gasteiger partial charge in [0.15, 0.2) is 0 Å². The van der Waals surface area contributed by atoms with E-state index in [2.05, 4.69) is 35.0 Å². The van der Waals surface area contributed by atoms with E-state index in [4.69, 9.17) is 12.2 Å². The van der Waals surface area contributed by atoms with E-state index in [0.29, 0.717) is 5.11 Å². The number of nitrogens with one attached hydrogen (secondary N) is 2. The van der Waals surface area contributed by atoms with Crippen molar-refractivity contribution in [2.45, 2.75) is 19.8 Å². The van der Waals surface area contributed by atoms with Crippen LogP contribution >= 0.6 is 12.2 Å². The Bertz CT molecular complexity index is 401. The van der Waals surface area contributed by atoms with Crippen LogP contribution in [0.25, 0.3) is 0 Å².